The lowest BCUT2D eigenvalue weighted by Gasteiger charge is -2.16. The molecule has 4 heteroatoms. The van der Waals surface area contributed by atoms with Crippen LogP contribution in [0.2, 0.25) is 0 Å². The van der Waals surface area contributed by atoms with Crippen molar-refractivity contribution in [2.45, 2.75) is 26.5 Å². The molecule has 4 nitrogen and oxygen atoms in total. The third kappa shape index (κ3) is 4.25. The molecule has 0 heterocycles. The standard InChI is InChI=1S/C18H21NO3/c1-13-6-4-5-7-17(13)22-14(2)18(20)19-12-15-8-10-16(21-3)11-9-15/h4-11,14H,12H2,1-3H3,(H,19,20)/t14-/m1/s1. The molecular weight excluding hydrogens is 278 g/mol. The highest BCUT2D eigenvalue weighted by Crippen LogP contribution is 2.18. The molecule has 2 aromatic carbocycles. The van der Waals surface area contributed by atoms with E-state index < -0.39 is 6.10 Å². The van der Waals surface area contributed by atoms with E-state index in [9.17, 15) is 4.79 Å². The summed E-state index contributed by atoms with van der Waals surface area (Å²) in [5.41, 5.74) is 2.02. The van der Waals surface area contributed by atoms with Gasteiger partial charge in [-0.3, -0.25) is 4.79 Å². The summed E-state index contributed by atoms with van der Waals surface area (Å²) in [7, 11) is 1.63. The van der Waals surface area contributed by atoms with Crippen LogP contribution in [-0.4, -0.2) is 19.1 Å². The SMILES string of the molecule is COc1ccc(CNC(=O)[C@@H](C)Oc2ccccc2C)cc1. The minimum Gasteiger partial charge on any atom is -0.497 e. The van der Waals surface area contributed by atoms with E-state index in [-0.39, 0.29) is 5.91 Å². The van der Waals surface area contributed by atoms with Gasteiger partial charge >= 0.3 is 0 Å². The summed E-state index contributed by atoms with van der Waals surface area (Å²) in [6.45, 7) is 4.16. The molecule has 0 aliphatic rings. The first kappa shape index (κ1) is 15.9. The summed E-state index contributed by atoms with van der Waals surface area (Å²) in [6, 6.07) is 15.2. The van der Waals surface area contributed by atoms with Gasteiger partial charge in [-0.25, -0.2) is 0 Å². The van der Waals surface area contributed by atoms with E-state index in [2.05, 4.69) is 5.32 Å². The van der Waals surface area contributed by atoms with E-state index in [4.69, 9.17) is 9.47 Å². The number of aryl methyl sites for hydroxylation is 1. The van der Waals surface area contributed by atoms with Crippen molar-refractivity contribution in [3.8, 4) is 11.5 Å². The Labute approximate surface area is 131 Å². The van der Waals surface area contributed by atoms with Crippen LogP contribution >= 0.6 is 0 Å². The molecule has 2 aromatic rings. The summed E-state index contributed by atoms with van der Waals surface area (Å²) in [6.07, 6.45) is -0.542. The van der Waals surface area contributed by atoms with Crippen LogP contribution in [0.15, 0.2) is 48.5 Å². The highest BCUT2D eigenvalue weighted by atomic mass is 16.5. The van der Waals surface area contributed by atoms with Crippen molar-refractivity contribution in [3.63, 3.8) is 0 Å². The van der Waals surface area contributed by atoms with Crippen LogP contribution in [0.3, 0.4) is 0 Å². The second-order valence-electron chi connectivity index (χ2n) is 5.09. The Hall–Kier alpha value is -2.49. The third-order valence-electron chi connectivity index (χ3n) is 3.39. The van der Waals surface area contributed by atoms with Crippen molar-refractivity contribution in [2.24, 2.45) is 0 Å². The zero-order valence-corrected chi connectivity index (χ0v) is 13.1. The zero-order valence-electron chi connectivity index (χ0n) is 13.1. The Kier molecular flexibility index (Phi) is 5.42. The Morgan fingerprint density at radius 1 is 1.14 bits per heavy atom. The van der Waals surface area contributed by atoms with E-state index in [1.54, 1.807) is 14.0 Å². The Morgan fingerprint density at radius 3 is 2.45 bits per heavy atom. The molecule has 1 amide bonds. The van der Waals surface area contributed by atoms with Gasteiger partial charge in [-0.05, 0) is 43.2 Å². The van der Waals surface area contributed by atoms with Gasteiger partial charge in [-0.2, -0.15) is 0 Å². The maximum Gasteiger partial charge on any atom is 0.261 e. The highest BCUT2D eigenvalue weighted by Gasteiger charge is 2.15. The minimum atomic E-state index is -0.542. The Balaban J connectivity index is 1.87. The molecular formula is C18H21NO3. The minimum absolute atomic E-state index is 0.140. The lowest BCUT2D eigenvalue weighted by Crippen LogP contribution is -2.36. The lowest BCUT2D eigenvalue weighted by molar-refractivity contribution is -0.127. The van der Waals surface area contributed by atoms with Gasteiger partial charge in [0, 0.05) is 6.54 Å². The van der Waals surface area contributed by atoms with E-state index in [1.165, 1.54) is 0 Å². The molecule has 0 spiro atoms. The molecule has 1 atom stereocenters. The maximum absolute atomic E-state index is 12.1. The fourth-order valence-electron chi connectivity index (χ4n) is 2.01. The quantitative estimate of drug-likeness (QED) is 0.891. The normalized spacial score (nSPS) is 11.6. The topological polar surface area (TPSA) is 47.6 Å². The number of nitrogens with one attached hydrogen (secondary N) is 1. The van der Waals surface area contributed by atoms with Crippen molar-refractivity contribution in [1.29, 1.82) is 0 Å². The average molecular weight is 299 g/mol. The van der Waals surface area contributed by atoms with Gasteiger partial charge in [0.15, 0.2) is 6.10 Å². The van der Waals surface area contributed by atoms with Gasteiger partial charge in [0.1, 0.15) is 11.5 Å². The zero-order chi connectivity index (χ0) is 15.9. The van der Waals surface area contributed by atoms with Crippen molar-refractivity contribution in [3.05, 3.63) is 59.7 Å². The van der Waals surface area contributed by atoms with Gasteiger partial charge in [-0.15, -0.1) is 0 Å². The van der Waals surface area contributed by atoms with E-state index >= 15 is 0 Å². The smallest absolute Gasteiger partial charge is 0.261 e. The van der Waals surface area contributed by atoms with Crippen molar-refractivity contribution >= 4 is 5.91 Å². The van der Waals surface area contributed by atoms with E-state index in [1.807, 2.05) is 55.5 Å². The number of hydrogen-bond acceptors (Lipinski definition) is 3. The van der Waals surface area contributed by atoms with Crippen LogP contribution in [0, 0.1) is 6.92 Å². The number of ether oxygens (including phenoxy) is 2. The van der Waals surface area contributed by atoms with Gasteiger partial charge in [0.05, 0.1) is 7.11 Å². The van der Waals surface area contributed by atoms with Gasteiger partial charge in [-0.1, -0.05) is 30.3 Å². The fourth-order valence-corrected chi connectivity index (χ4v) is 2.01. The Morgan fingerprint density at radius 2 is 1.82 bits per heavy atom. The number of carbonyl (C=O) groups excluding carboxylic acids is 1. The van der Waals surface area contributed by atoms with Crippen LogP contribution in [0.5, 0.6) is 11.5 Å². The second kappa shape index (κ2) is 7.50. The fraction of sp³-hybridized carbons (Fsp3) is 0.278. The second-order valence-corrected chi connectivity index (χ2v) is 5.09. The summed E-state index contributed by atoms with van der Waals surface area (Å²) in [4.78, 5) is 12.1. The summed E-state index contributed by atoms with van der Waals surface area (Å²) in [5, 5.41) is 2.87. The van der Waals surface area contributed by atoms with Crippen LogP contribution in [0.1, 0.15) is 18.1 Å². The summed E-state index contributed by atoms with van der Waals surface area (Å²) >= 11 is 0. The van der Waals surface area contributed by atoms with Gasteiger partial charge in [0.2, 0.25) is 0 Å². The number of para-hydroxylation sites is 1. The first-order chi connectivity index (χ1) is 10.6. The largest absolute Gasteiger partial charge is 0.497 e. The molecule has 0 fully saturated rings. The van der Waals surface area contributed by atoms with Crippen LogP contribution in [-0.2, 0) is 11.3 Å². The first-order valence-electron chi connectivity index (χ1n) is 7.23. The monoisotopic (exact) mass is 299 g/mol. The number of benzene rings is 2. The molecule has 0 aliphatic carbocycles. The molecule has 0 saturated carbocycles. The first-order valence-corrected chi connectivity index (χ1v) is 7.23. The van der Waals surface area contributed by atoms with E-state index in [0.717, 1.165) is 22.6 Å². The molecule has 0 aromatic heterocycles. The molecule has 22 heavy (non-hydrogen) atoms. The predicted octanol–water partition coefficient (Wildman–Crippen LogP) is 3.09. The highest BCUT2D eigenvalue weighted by molar-refractivity contribution is 5.80. The maximum atomic E-state index is 12.1. The predicted molar refractivity (Wildman–Crippen MR) is 86.1 cm³/mol. The molecule has 0 radical (unpaired) electrons. The lowest BCUT2D eigenvalue weighted by atomic mass is 10.2. The van der Waals surface area contributed by atoms with Crippen LogP contribution < -0.4 is 14.8 Å². The molecule has 0 saturated heterocycles. The average Bonchev–Trinajstić information content (AvgIpc) is 2.55. The van der Waals surface area contributed by atoms with Crippen LogP contribution in [0.4, 0.5) is 0 Å². The van der Waals surface area contributed by atoms with Gasteiger partial charge in [0.25, 0.3) is 5.91 Å². The Bertz CT molecular complexity index is 622. The molecule has 2 rings (SSSR count). The van der Waals surface area contributed by atoms with Gasteiger partial charge < -0.3 is 14.8 Å². The van der Waals surface area contributed by atoms with Crippen molar-refractivity contribution < 1.29 is 14.3 Å². The number of rotatable bonds is 6. The molecule has 0 unspecified atom stereocenters. The molecule has 116 valence electrons. The number of carbonyl (C=O) groups is 1. The number of methoxy groups -OCH3 is 1. The number of amides is 1. The molecule has 1 N–H and O–H groups in total. The molecule has 0 bridgehead atoms. The summed E-state index contributed by atoms with van der Waals surface area (Å²) < 4.78 is 10.8. The van der Waals surface area contributed by atoms with Crippen LogP contribution in [0.25, 0.3) is 0 Å². The van der Waals surface area contributed by atoms with Crippen molar-refractivity contribution in [2.75, 3.05) is 7.11 Å². The van der Waals surface area contributed by atoms with E-state index in [0.29, 0.717) is 6.54 Å². The summed E-state index contributed by atoms with van der Waals surface area (Å²) in [5.74, 6) is 1.39. The molecule has 0 aliphatic heterocycles. The number of hydrogen-bond donors (Lipinski definition) is 1. The van der Waals surface area contributed by atoms with Crippen molar-refractivity contribution in [1.82, 2.24) is 5.32 Å². The third-order valence-corrected chi connectivity index (χ3v) is 3.39.